The van der Waals surface area contributed by atoms with Crippen LogP contribution in [0.1, 0.15) is 65.0 Å². The lowest BCUT2D eigenvalue weighted by atomic mass is 10.0. The molecule has 122 valence electrons. The summed E-state index contributed by atoms with van der Waals surface area (Å²) in [6.45, 7) is 7.93. The van der Waals surface area contributed by atoms with E-state index in [9.17, 15) is 4.79 Å². The average molecular weight is 368 g/mol. The first kappa shape index (κ1) is 17.3. The second-order valence-corrected chi connectivity index (χ2v) is 7.89. The summed E-state index contributed by atoms with van der Waals surface area (Å²) >= 11 is 3.47. The van der Waals surface area contributed by atoms with Gasteiger partial charge in [0, 0.05) is 10.5 Å². The van der Waals surface area contributed by atoms with Gasteiger partial charge >= 0.3 is 6.09 Å². The van der Waals surface area contributed by atoms with E-state index in [1.54, 1.807) is 0 Å². The highest BCUT2D eigenvalue weighted by Crippen LogP contribution is 2.39. The van der Waals surface area contributed by atoms with E-state index < -0.39 is 5.60 Å². The number of halogens is 1. The monoisotopic (exact) mass is 367 g/mol. The molecule has 0 bridgehead atoms. The first-order chi connectivity index (χ1) is 10.3. The van der Waals surface area contributed by atoms with E-state index in [1.807, 2.05) is 37.8 Å². The van der Waals surface area contributed by atoms with Crippen LogP contribution in [-0.4, -0.2) is 22.6 Å². The summed E-state index contributed by atoms with van der Waals surface area (Å²) in [4.78, 5) is 14.7. The van der Waals surface area contributed by atoms with Crippen molar-refractivity contribution in [2.45, 2.75) is 71.1 Å². The van der Waals surface area contributed by atoms with Gasteiger partial charge in [-0.1, -0.05) is 41.4 Å². The van der Waals surface area contributed by atoms with Crippen LogP contribution in [0.3, 0.4) is 0 Å². The Morgan fingerprint density at radius 1 is 1.27 bits per heavy atom. The van der Waals surface area contributed by atoms with Crippen LogP contribution < -0.4 is 0 Å². The Labute approximate surface area is 142 Å². The van der Waals surface area contributed by atoms with E-state index in [0.717, 1.165) is 30.2 Å². The molecule has 1 aliphatic rings. The minimum atomic E-state index is -0.458. The van der Waals surface area contributed by atoms with Gasteiger partial charge in [-0.15, -0.1) is 0 Å². The summed E-state index contributed by atoms with van der Waals surface area (Å²) in [6, 6.07) is 8.68. The smallest absolute Gasteiger partial charge is 0.411 e. The van der Waals surface area contributed by atoms with E-state index in [0.29, 0.717) is 0 Å². The molecule has 1 fully saturated rings. The van der Waals surface area contributed by atoms with Crippen molar-refractivity contribution in [3.8, 4) is 0 Å². The van der Waals surface area contributed by atoms with Crippen molar-refractivity contribution in [2.75, 3.05) is 0 Å². The zero-order chi connectivity index (χ0) is 16.3. The van der Waals surface area contributed by atoms with Crippen LogP contribution >= 0.6 is 15.9 Å². The number of hydrogen-bond acceptors (Lipinski definition) is 2. The summed E-state index contributed by atoms with van der Waals surface area (Å²) in [5.74, 6) is 0. The van der Waals surface area contributed by atoms with Gasteiger partial charge in [-0.05, 0) is 57.7 Å². The number of carbonyl (C=O) groups is 1. The zero-order valence-electron chi connectivity index (χ0n) is 13.9. The van der Waals surface area contributed by atoms with Gasteiger partial charge in [0.1, 0.15) is 5.60 Å². The fourth-order valence-corrected chi connectivity index (χ4v) is 3.37. The van der Waals surface area contributed by atoms with Crippen LogP contribution in [0, 0.1) is 0 Å². The van der Waals surface area contributed by atoms with E-state index in [4.69, 9.17) is 4.74 Å². The molecule has 0 aromatic heterocycles. The number of benzene rings is 1. The van der Waals surface area contributed by atoms with E-state index in [2.05, 4.69) is 35.0 Å². The Balaban J connectivity index is 2.24. The average Bonchev–Trinajstić information content (AvgIpc) is 2.82. The van der Waals surface area contributed by atoms with Gasteiger partial charge in [-0.2, -0.15) is 0 Å². The van der Waals surface area contributed by atoms with Crippen molar-refractivity contribution in [1.29, 1.82) is 0 Å². The van der Waals surface area contributed by atoms with Crippen molar-refractivity contribution < 1.29 is 9.53 Å². The van der Waals surface area contributed by atoms with Gasteiger partial charge in [0.15, 0.2) is 0 Å². The molecule has 1 saturated heterocycles. The summed E-state index contributed by atoms with van der Waals surface area (Å²) in [6.07, 6.45) is 3.99. The number of likely N-dealkylation sites (tertiary alicyclic amines) is 1. The van der Waals surface area contributed by atoms with E-state index in [-0.39, 0.29) is 18.2 Å². The maximum atomic E-state index is 12.7. The Morgan fingerprint density at radius 3 is 2.45 bits per heavy atom. The van der Waals surface area contributed by atoms with E-state index in [1.165, 1.54) is 5.56 Å². The summed E-state index contributed by atoms with van der Waals surface area (Å²) in [5.41, 5.74) is 0.730. The minimum Gasteiger partial charge on any atom is -0.444 e. The largest absolute Gasteiger partial charge is 0.444 e. The minimum absolute atomic E-state index is 0.125. The molecule has 1 aromatic carbocycles. The van der Waals surface area contributed by atoms with Gasteiger partial charge in [-0.25, -0.2) is 4.79 Å². The molecule has 22 heavy (non-hydrogen) atoms. The molecule has 1 aliphatic heterocycles. The fraction of sp³-hybridized carbons (Fsp3) is 0.611. The second kappa shape index (κ2) is 7.03. The molecule has 0 radical (unpaired) electrons. The lowest BCUT2D eigenvalue weighted by molar-refractivity contribution is 0.0136. The molecule has 0 aliphatic carbocycles. The predicted octanol–water partition coefficient (Wildman–Crippen LogP) is 5.69. The van der Waals surface area contributed by atoms with Gasteiger partial charge in [0.25, 0.3) is 0 Å². The van der Waals surface area contributed by atoms with Crippen molar-refractivity contribution >= 4 is 22.0 Å². The summed E-state index contributed by atoms with van der Waals surface area (Å²) in [5, 5.41) is 0. The van der Waals surface area contributed by atoms with E-state index >= 15 is 0 Å². The van der Waals surface area contributed by atoms with Gasteiger partial charge in [-0.3, -0.25) is 4.90 Å². The first-order valence-electron chi connectivity index (χ1n) is 8.08. The Kier molecular flexibility index (Phi) is 5.54. The quantitative estimate of drug-likeness (QED) is 0.686. The van der Waals surface area contributed by atoms with Crippen molar-refractivity contribution in [2.24, 2.45) is 0 Å². The molecule has 2 rings (SSSR count). The lowest BCUT2D eigenvalue weighted by Crippen LogP contribution is -2.41. The lowest BCUT2D eigenvalue weighted by Gasteiger charge is -2.33. The molecule has 3 nitrogen and oxygen atoms in total. The number of ether oxygens (including phenoxy) is 1. The molecular weight excluding hydrogens is 342 g/mol. The molecule has 1 heterocycles. The van der Waals surface area contributed by atoms with Crippen LogP contribution in [0.4, 0.5) is 4.79 Å². The SMILES string of the molecule is CCC[C@H]1CC[C@H](c2ccc(Br)cc2)N1C(=O)OC(C)(C)C. The van der Waals surface area contributed by atoms with Gasteiger partial charge in [0.2, 0.25) is 0 Å². The number of carbonyl (C=O) groups excluding carboxylic acids is 1. The highest BCUT2D eigenvalue weighted by molar-refractivity contribution is 9.10. The first-order valence-corrected chi connectivity index (χ1v) is 8.88. The highest BCUT2D eigenvalue weighted by Gasteiger charge is 2.39. The molecule has 0 spiro atoms. The molecule has 0 saturated carbocycles. The Bertz CT molecular complexity index is 507. The molecule has 0 unspecified atom stereocenters. The Hall–Kier alpha value is -1.03. The Morgan fingerprint density at radius 2 is 1.91 bits per heavy atom. The molecule has 0 N–H and O–H groups in total. The van der Waals surface area contributed by atoms with Crippen LogP contribution in [0.2, 0.25) is 0 Å². The van der Waals surface area contributed by atoms with Gasteiger partial charge in [0.05, 0.1) is 6.04 Å². The van der Waals surface area contributed by atoms with Crippen LogP contribution in [0.15, 0.2) is 28.7 Å². The van der Waals surface area contributed by atoms with Crippen molar-refractivity contribution in [3.05, 3.63) is 34.3 Å². The third-order valence-electron chi connectivity index (χ3n) is 3.98. The summed E-state index contributed by atoms with van der Waals surface area (Å²) in [7, 11) is 0. The summed E-state index contributed by atoms with van der Waals surface area (Å²) < 4.78 is 6.71. The maximum absolute atomic E-state index is 12.7. The van der Waals surface area contributed by atoms with Crippen LogP contribution in [-0.2, 0) is 4.74 Å². The maximum Gasteiger partial charge on any atom is 0.411 e. The standard InChI is InChI=1S/C18H26BrNO2/c1-5-6-15-11-12-16(13-7-9-14(19)10-8-13)20(15)17(21)22-18(2,3)4/h7-10,15-16H,5-6,11-12H2,1-4H3/t15-,16+/m0/s1. The number of rotatable bonds is 3. The molecule has 4 heteroatoms. The number of hydrogen-bond donors (Lipinski definition) is 0. The predicted molar refractivity (Wildman–Crippen MR) is 92.9 cm³/mol. The molecular formula is C18H26BrNO2. The highest BCUT2D eigenvalue weighted by atomic mass is 79.9. The van der Waals surface area contributed by atoms with Crippen molar-refractivity contribution in [1.82, 2.24) is 4.90 Å². The molecule has 1 aromatic rings. The third kappa shape index (κ3) is 4.25. The molecule has 1 amide bonds. The normalized spacial score (nSPS) is 22.0. The third-order valence-corrected chi connectivity index (χ3v) is 4.51. The second-order valence-electron chi connectivity index (χ2n) is 6.97. The van der Waals surface area contributed by atoms with Crippen LogP contribution in [0.25, 0.3) is 0 Å². The topological polar surface area (TPSA) is 29.5 Å². The van der Waals surface area contributed by atoms with Gasteiger partial charge < -0.3 is 4.74 Å². The van der Waals surface area contributed by atoms with Crippen LogP contribution in [0.5, 0.6) is 0 Å². The van der Waals surface area contributed by atoms with Crippen molar-refractivity contribution in [3.63, 3.8) is 0 Å². The fourth-order valence-electron chi connectivity index (χ4n) is 3.10. The molecule has 2 atom stereocenters. The number of amides is 1. The zero-order valence-corrected chi connectivity index (χ0v) is 15.5. The number of nitrogens with zero attached hydrogens (tertiary/aromatic N) is 1.